The number of aromatic nitrogens is 1. The highest BCUT2D eigenvalue weighted by molar-refractivity contribution is 5.78. The third-order valence-electron chi connectivity index (χ3n) is 1.73. The van der Waals surface area contributed by atoms with Gasteiger partial charge >= 0.3 is 0 Å². The molecule has 0 aliphatic rings. The molecule has 0 bridgehead atoms. The zero-order chi connectivity index (χ0) is 13.3. The van der Waals surface area contributed by atoms with Gasteiger partial charge in [0.2, 0.25) is 0 Å². The maximum Gasteiger partial charge on any atom is 0.0702 e. The van der Waals surface area contributed by atoms with Gasteiger partial charge in [0.1, 0.15) is 0 Å². The van der Waals surface area contributed by atoms with E-state index in [0.29, 0.717) is 0 Å². The van der Waals surface area contributed by atoms with E-state index in [-0.39, 0.29) is 0 Å². The summed E-state index contributed by atoms with van der Waals surface area (Å²) in [5, 5.41) is 1.22. The average Bonchev–Trinajstić information content (AvgIpc) is 2.31. The minimum absolute atomic E-state index is 0.833. The highest BCUT2D eigenvalue weighted by atomic mass is 14.6. The van der Waals surface area contributed by atoms with E-state index < -0.39 is 0 Å². The summed E-state index contributed by atoms with van der Waals surface area (Å²) in [7, 11) is 0. The number of hydrogen-bond donors (Lipinski definition) is 0. The Labute approximate surface area is 106 Å². The van der Waals surface area contributed by atoms with Crippen LogP contribution in [0.15, 0.2) is 36.5 Å². The van der Waals surface area contributed by atoms with E-state index >= 15 is 0 Å². The maximum atomic E-state index is 4.28. The number of nitrogens with zero attached hydrogens (tertiary/aromatic N) is 1. The van der Waals surface area contributed by atoms with Crippen LogP contribution in [0.25, 0.3) is 10.9 Å². The van der Waals surface area contributed by atoms with E-state index in [9.17, 15) is 0 Å². The molecule has 0 aliphatic heterocycles. The highest BCUT2D eigenvalue weighted by Crippen LogP contribution is 2.11. The van der Waals surface area contributed by atoms with Crippen molar-refractivity contribution in [1.29, 1.82) is 0 Å². The Morgan fingerprint density at radius 1 is 1.00 bits per heavy atom. The van der Waals surface area contributed by atoms with E-state index in [4.69, 9.17) is 0 Å². The van der Waals surface area contributed by atoms with Crippen LogP contribution < -0.4 is 0 Å². The summed E-state index contributed by atoms with van der Waals surface area (Å²) in [4.78, 5) is 4.28. The van der Waals surface area contributed by atoms with Gasteiger partial charge in [0, 0.05) is 11.6 Å². The molecule has 94 valence electrons. The summed E-state index contributed by atoms with van der Waals surface area (Å²) in [6.45, 7) is 12.6. The van der Waals surface area contributed by atoms with Crippen molar-refractivity contribution in [2.75, 3.05) is 0 Å². The Balaban J connectivity index is 0.000000368. The Hall–Kier alpha value is -1.37. The molecule has 1 nitrogen and oxygen atoms in total. The minimum Gasteiger partial charge on any atom is -0.256 e. The average molecular weight is 231 g/mol. The van der Waals surface area contributed by atoms with Crippen LogP contribution in [0.1, 0.15) is 40.2 Å². The molecule has 1 aromatic heterocycles. The predicted molar refractivity (Wildman–Crippen MR) is 78.3 cm³/mol. The maximum absolute atomic E-state index is 4.28. The van der Waals surface area contributed by atoms with Gasteiger partial charge in [0.15, 0.2) is 0 Å². The molecule has 1 aromatic carbocycles. The van der Waals surface area contributed by atoms with Crippen LogP contribution in [0.4, 0.5) is 0 Å². The molecule has 0 unspecified atom stereocenters. The van der Waals surface area contributed by atoms with Crippen LogP contribution >= 0.6 is 0 Å². The molecule has 0 saturated carbocycles. The summed E-state index contributed by atoms with van der Waals surface area (Å²) in [6, 6.07) is 10.3. The van der Waals surface area contributed by atoms with Crippen LogP contribution in [0.2, 0.25) is 0 Å². The van der Waals surface area contributed by atoms with Crippen molar-refractivity contribution >= 4 is 10.9 Å². The fraction of sp³-hybridized carbons (Fsp3) is 0.438. The monoisotopic (exact) mass is 231 g/mol. The molecule has 0 N–H and O–H groups in total. The Morgan fingerprint density at radius 2 is 1.53 bits per heavy atom. The van der Waals surface area contributed by atoms with E-state index in [2.05, 4.69) is 44.8 Å². The predicted octanol–water partition coefficient (Wildman–Crippen LogP) is 5.23. The first kappa shape index (κ1) is 15.6. The first-order chi connectivity index (χ1) is 8.09. The molecule has 1 heterocycles. The van der Waals surface area contributed by atoms with Crippen molar-refractivity contribution in [3.8, 4) is 0 Å². The largest absolute Gasteiger partial charge is 0.256 e. The van der Waals surface area contributed by atoms with Crippen molar-refractivity contribution < 1.29 is 0 Å². The zero-order valence-electron chi connectivity index (χ0n) is 12.0. The van der Waals surface area contributed by atoms with Crippen molar-refractivity contribution in [3.05, 3.63) is 42.1 Å². The highest BCUT2D eigenvalue weighted by Gasteiger charge is 1.90. The Morgan fingerprint density at radius 3 is 2.12 bits per heavy atom. The molecule has 0 atom stereocenters. The van der Waals surface area contributed by atoms with Crippen molar-refractivity contribution in [1.82, 2.24) is 4.98 Å². The molecule has 0 radical (unpaired) electrons. The van der Waals surface area contributed by atoms with Crippen molar-refractivity contribution in [2.24, 2.45) is 5.92 Å². The van der Waals surface area contributed by atoms with Gasteiger partial charge in [0.25, 0.3) is 0 Å². The van der Waals surface area contributed by atoms with Crippen LogP contribution in [0.3, 0.4) is 0 Å². The van der Waals surface area contributed by atoms with Crippen molar-refractivity contribution in [3.63, 3.8) is 0 Å². The van der Waals surface area contributed by atoms with E-state index in [1.54, 1.807) is 0 Å². The van der Waals surface area contributed by atoms with Gasteiger partial charge in [-0.1, -0.05) is 52.8 Å². The molecule has 1 heteroatoms. The number of fused-ring (bicyclic) bond motifs is 1. The molecule has 0 aliphatic carbocycles. The minimum atomic E-state index is 0.833. The second-order valence-electron chi connectivity index (χ2n) is 4.44. The molecule has 0 fully saturated rings. The molecule has 17 heavy (non-hydrogen) atoms. The molecular formula is C16H25N. The molecule has 2 rings (SSSR count). The van der Waals surface area contributed by atoms with E-state index in [0.717, 1.165) is 11.4 Å². The topological polar surface area (TPSA) is 12.9 Å². The number of hydrogen-bond acceptors (Lipinski definition) is 1. The lowest BCUT2D eigenvalue weighted by Gasteiger charge is -1.95. The summed E-state index contributed by atoms with van der Waals surface area (Å²) < 4.78 is 0. The lowest BCUT2D eigenvalue weighted by molar-refractivity contribution is 0.737. The number of rotatable bonds is 0. The van der Waals surface area contributed by atoms with Crippen molar-refractivity contribution in [2.45, 2.75) is 41.5 Å². The smallest absolute Gasteiger partial charge is 0.0702 e. The number of pyridine rings is 1. The number of para-hydroxylation sites is 1. The van der Waals surface area contributed by atoms with Gasteiger partial charge < -0.3 is 0 Å². The van der Waals surface area contributed by atoms with Crippen LogP contribution in [-0.4, -0.2) is 4.98 Å². The normalized spacial score (nSPS) is 9.12. The lowest BCUT2D eigenvalue weighted by Crippen LogP contribution is -1.78. The number of benzene rings is 1. The SMILES string of the molecule is CC.CC(C)C.Cc1cnc2ccccc2c1. The van der Waals surface area contributed by atoms with Gasteiger partial charge in [0.05, 0.1) is 5.52 Å². The second kappa shape index (κ2) is 8.74. The van der Waals surface area contributed by atoms with E-state index in [1.165, 1.54) is 10.9 Å². The number of aryl methyl sites for hydroxylation is 1. The molecule has 0 spiro atoms. The Kier molecular flexibility index (Phi) is 8.04. The third-order valence-corrected chi connectivity index (χ3v) is 1.73. The quantitative estimate of drug-likeness (QED) is 0.605. The van der Waals surface area contributed by atoms with Gasteiger partial charge in [-0.15, -0.1) is 0 Å². The molecule has 0 amide bonds. The summed E-state index contributed by atoms with van der Waals surface area (Å²) in [5.74, 6) is 0.833. The summed E-state index contributed by atoms with van der Waals surface area (Å²) in [5.41, 5.74) is 2.28. The van der Waals surface area contributed by atoms with Gasteiger partial charge in [-0.2, -0.15) is 0 Å². The molecule has 0 saturated heterocycles. The molecular weight excluding hydrogens is 206 g/mol. The first-order valence-electron chi connectivity index (χ1n) is 6.41. The van der Waals surface area contributed by atoms with Gasteiger partial charge in [-0.3, -0.25) is 4.98 Å². The van der Waals surface area contributed by atoms with Gasteiger partial charge in [-0.05, 0) is 30.5 Å². The molecule has 2 aromatic rings. The Bertz CT molecular complexity index is 416. The lowest BCUT2D eigenvalue weighted by atomic mass is 10.2. The summed E-state index contributed by atoms with van der Waals surface area (Å²) >= 11 is 0. The van der Waals surface area contributed by atoms with Crippen LogP contribution in [0.5, 0.6) is 0 Å². The summed E-state index contributed by atoms with van der Waals surface area (Å²) in [6.07, 6.45) is 1.89. The second-order valence-corrected chi connectivity index (χ2v) is 4.44. The van der Waals surface area contributed by atoms with Gasteiger partial charge in [-0.25, -0.2) is 0 Å². The third kappa shape index (κ3) is 6.72. The van der Waals surface area contributed by atoms with Crippen LogP contribution in [-0.2, 0) is 0 Å². The standard InChI is InChI=1S/C10H9N.C4H10.C2H6/c1-8-6-9-4-2-3-5-10(9)11-7-8;1-4(2)3;1-2/h2-7H,1H3;4H,1-3H3;1-2H3. The van der Waals surface area contributed by atoms with Crippen LogP contribution in [0, 0.1) is 12.8 Å². The first-order valence-corrected chi connectivity index (χ1v) is 6.41. The fourth-order valence-corrected chi connectivity index (χ4v) is 1.18. The fourth-order valence-electron chi connectivity index (χ4n) is 1.18. The van der Waals surface area contributed by atoms with E-state index in [1.807, 2.05) is 38.2 Å². The zero-order valence-corrected chi connectivity index (χ0v) is 12.0.